The number of allylic oxidation sites excluding steroid dienone is 1. The number of aromatic hydroxyl groups is 2. The SMILES string of the molecule is CC(=C(c1ccc(O)cc1)c1ccc(O)cc1)c1cccnc1. The maximum atomic E-state index is 9.54. The van der Waals surface area contributed by atoms with E-state index in [9.17, 15) is 10.2 Å². The van der Waals surface area contributed by atoms with Crippen LogP contribution in [-0.4, -0.2) is 15.2 Å². The van der Waals surface area contributed by atoms with E-state index in [1.807, 2.05) is 49.5 Å². The molecule has 23 heavy (non-hydrogen) atoms. The second-order valence-corrected chi connectivity index (χ2v) is 5.34. The van der Waals surface area contributed by atoms with Gasteiger partial charge in [-0.2, -0.15) is 0 Å². The minimum atomic E-state index is 0.234. The van der Waals surface area contributed by atoms with Crippen molar-refractivity contribution < 1.29 is 10.2 Å². The summed E-state index contributed by atoms with van der Waals surface area (Å²) in [4.78, 5) is 4.19. The summed E-state index contributed by atoms with van der Waals surface area (Å²) in [5.74, 6) is 0.468. The van der Waals surface area contributed by atoms with E-state index in [1.165, 1.54) is 0 Å². The zero-order valence-electron chi connectivity index (χ0n) is 12.8. The molecule has 3 nitrogen and oxygen atoms in total. The van der Waals surface area contributed by atoms with Crippen LogP contribution in [0.2, 0.25) is 0 Å². The first-order chi connectivity index (χ1) is 11.1. The van der Waals surface area contributed by atoms with Crippen molar-refractivity contribution in [2.24, 2.45) is 0 Å². The number of nitrogens with zero attached hydrogens (tertiary/aromatic N) is 1. The van der Waals surface area contributed by atoms with Crippen LogP contribution in [0.3, 0.4) is 0 Å². The van der Waals surface area contributed by atoms with Crippen molar-refractivity contribution >= 4 is 11.1 Å². The first-order valence-electron chi connectivity index (χ1n) is 7.35. The van der Waals surface area contributed by atoms with Crippen LogP contribution in [0.5, 0.6) is 11.5 Å². The molecule has 2 N–H and O–H groups in total. The molecule has 0 amide bonds. The highest BCUT2D eigenvalue weighted by atomic mass is 16.3. The van der Waals surface area contributed by atoms with Crippen molar-refractivity contribution in [2.75, 3.05) is 0 Å². The van der Waals surface area contributed by atoms with E-state index in [2.05, 4.69) is 4.98 Å². The van der Waals surface area contributed by atoms with Crippen LogP contribution < -0.4 is 0 Å². The van der Waals surface area contributed by atoms with Gasteiger partial charge in [0.1, 0.15) is 11.5 Å². The monoisotopic (exact) mass is 303 g/mol. The predicted molar refractivity (Wildman–Crippen MR) is 92.0 cm³/mol. The van der Waals surface area contributed by atoms with Gasteiger partial charge in [0.2, 0.25) is 0 Å². The maximum absolute atomic E-state index is 9.54. The Bertz CT molecular complexity index is 772. The fraction of sp³-hybridized carbons (Fsp3) is 0.0500. The summed E-state index contributed by atoms with van der Waals surface area (Å²) in [6.07, 6.45) is 3.58. The van der Waals surface area contributed by atoms with Crippen molar-refractivity contribution in [2.45, 2.75) is 6.92 Å². The zero-order valence-corrected chi connectivity index (χ0v) is 12.8. The van der Waals surface area contributed by atoms with E-state index >= 15 is 0 Å². The number of phenols is 2. The van der Waals surface area contributed by atoms with E-state index < -0.39 is 0 Å². The standard InChI is InChI=1S/C20H17NO2/c1-14(17-3-2-12-21-13-17)20(15-4-8-18(22)9-5-15)16-6-10-19(23)11-7-16/h2-13,22-23H,1H3. The van der Waals surface area contributed by atoms with Crippen LogP contribution in [-0.2, 0) is 0 Å². The quantitative estimate of drug-likeness (QED) is 0.750. The molecule has 3 rings (SSSR count). The average Bonchev–Trinajstić information content (AvgIpc) is 2.59. The first kappa shape index (κ1) is 14.9. The summed E-state index contributed by atoms with van der Waals surface area (Å²) in [7, 11) is 0. The highest BCUT2D eigenvalue weighted by molar-refractivity contribution is 5.97. The molecule has 0 bridgehead atoms. The maximum Gasteiger partial charge on any atom is 0.115 e. The van der Waals surface area contributed by atoms with Gasteiger partial charge in [0.25, 0.3) is 0 Å². The van der Waals surface area contributed by atoms with Crippen molar-refractivity contribution in [1.82, 2.24) is 4.98 Å². The van der Waals surface area contributed by atoms with Crippen molar-refractivity contribution in [3.63, 3.8) is 0 Å². The molecule has 0 fully saturated rings. The molecule has 0 aliphatic heterocycles. The second-order valence-electron chi connectivity index (χ2n) is 5.34. The Labute approximate surface area is 135 Å². The van der Waals surface area contributed by atoms with E-state index in [1.54, 1.807) is 30.5 Å². The molecule has 0 atom stereocenters. The Morgan fingerprint density at radius 2 is 1.26 bits per heavy atom. The summed E-state index contributed by atoms with van der Waals surface area (Å²) >= 11 is 0. The summed E-state index contributed by atoms with van der Waals surface area (Å²) in [6, 6.07) is 18.2. The first-order valence-corrected chi connectivity index (χ1v) is 7.35. The third-order valence-electron chi connectivity index (χ3n) is 3.78. The fourth-order valence-corrected chi connectivity index (χ4v) is 2.58. The highest BCUT2D eigenvalue weighted by Crippen LogP contribution is 2.33. The Balaban J connectivity index is 2.21. The van der Waals surface area contributed by atoms with E-state index in [0.717, 1.165) is 27.8 Å². The van der Waals surface area contributed by atoms with Gasteiger partial charge >= 0.3 is 0 Å². The molecule has 2 aromatic carbocycles. The van der Waals surface area contributed by atoms with Gasteiger partial charge in [0, 0.05) is 12.4 Å². The van der Waals surface area contributed by atoms with Gasteiger partial charge in [-0.3, -0.25) is 4.98 Å². The van der Waals surface area contributed by atoms with Gasteiger partial charge in [0.05, 0.1) is 0 Å². The van der Waals surface area contributed by atoms with Crippen LogP contribution in [0.4, 0.5) is 0 Å². The number of pyridine rings is 1. The minimum Gasteiger partial charge on any atom is -0.508 e. The minimum absolute atomic E-state index is 0.234. The van der Waals surface area contributed by atoms with E-state index in [-0.39, 0.29) is 11.5 Å². The van der Waals surface area contributed by atoms with Gasteiger partial charge in [-0.05, 0) is 65.1 Å². The molecule has 0 spiro atoms. The molecule has 114 valence electrons. The Morgan fingerprint density at radius 1 is 0.739 bits per heavy atom. The number of aromatic nitrogens is 1. The molecule has 1 aromatic heterocycles. The third-order valence-corrected chi connectivity index (χ3v) is 3.78. The van der Waals surface area contributed by atoms with Crippen molar-refractivity contribution in [1.29, 1.82) is 0 Å². The lowest BCUT2D eigenvalue weighted by Gasteiger charge is -2.14. The van der Waals surface area contributed by atoms with Crippen molar-refractivity contribution in [3.05, 3.63) is 89.7 Å². The van der Waals surface area contributed by atoms with Crippen LogP contribution in [0.15, 0.2) is 73.1 Å². The lowest BCUT2D eigenvalue weighted by Crippen LogP contribution is -1.93. The molecule has 0 unspecified atom stereocenters. The Kier molecular flexibility index (Phi) is 4.11. The van der Waals surface area contributed by atoms with Gasteiger partial charge < -0.3 is 10.2 Å². The molecule has 0 radical (unpaired) electrons. The predicted octanol–water partition coefficient (Wildman–Crippen LogP) is 4.47. The molecule has 3 aromatic rings. The van der Waals surface area contributed by atoms with E-state index in [4.69, 9.17) is 0 Å². The Morgan fingerprint density at radius 3 is 1.70 bits per heavy atom. The number of rotatable bonds is 3. The summed E-state index contributed by atoms with van der Waals surface area (Å²) in [5, 5.41) is 19.1. The number of benzene rings is 2. The largest absolute Gasteiger partial charge is 0.508 e. The van der Waals surface area contributed by atoms with Gasteiger partial charge in [0.15, 0.2) is 0 Å². The third kappa shape index (κ3) is 3.24. The summed E-state index contributed by atoms with van der Waals surface area (Å²) in [5.41, 5.74) is 5.14. The molecular formula is C20H17NO2. The number of hydrogen-bond donors (Lipinski definition) is 2. The topological polar surface area (TPSA) is 53.4 Å². The van der Waals surface area contributed by atoms with Gasteiger partial charge in [-0.25, -0.2) is 0 Å². The lowest BCUT2D eigenvalue weighted by atomic mass is 9.91. The highest BCUT2D eigenvalue weighted by Gasteiger charge is 2.11. The zero-order chi connectivity index (χ0) is 16.2. The Hall–Kier alpha value is -3.07. The summed E-state index contributed by atoms with van der Waals surface area (Å²) < 4.78 is 0. The van der Waals surface area contributed by atoms with E-state index in [0.29, 0.717) is 0 Å². The van der Waals surface area contributed by atoms with Gasteiger partial charge in [-0.15, -0.1) is 0 Å². The molecule has 0 aliphatic carbocycles. The van der Waals surface area contributed by atoms with Crippen molar-refractivity contribution in [3.8, 4) is 11.5 Å². The van der Waals surface area contributed by atoms with Crippen LogP contribution in [0.1, 0.15) is 23.6 Å². The molecular weight excluding hydrogens is 286 g/mol. The van der Waals surface area contributed by atoms with Crippen LogP contribution in [0.25, 0.3) is 11.1 Å². The van der Waals surface area contributed by atoms with Gasteiger partial charge in [-0.1, -0.05) is 30.3 Å². The second kappa shape index (κ2) is 6.36. The molecule has 0 aliphatic rings. The van der Waals surface area contributed by atoms with Crippen LogP contribution >= 0.6 is 0 Å². The average molecular weight is 303 g/mol. The summed E-state index contributed by atoms with van der Waals surface area (Å²) in [6.45, 7) is 2.05. The molecule has 3 heteroatoms. The number of hydrogen-bond acceptors (Lipinski definition) is 3. The smallest absolute Gasteiger partial charge is 0.115 e. The van der Waals surface area contributed by atoms with Crippen LogP contribution in [0, 0.1) is 0 Å². The normalized spacial score (nSPS) is 10.3. The molecule has 1 heterocycles. The lowest BCUT2D eigenvalue weighted by molar-refractivity contribution is 0.475. The fourth-order valence-electron chi connectivity index (χ4n) is 2.58. The number of phenolic OH excluding ortho intramolecular Hbond substituents is 2. The molecule has 0 saturated carbocycles. The molecule has 0 saturated heterocycles.